The zero-order valence-corrected chi connectivity index (χ0v) is 21.0. The maximum Gasteiger partial charge on any atom is 0.530 e. The number of carbonyl (C=O) groups is 2. The number of alkyl carbamates (subject to hydrolysis) is 1. The van der Waals surface area contributed by atoms with Crippen molar-refractivity contribution in [2.45, 2.75) is 72.5 Å². The fraction of sp³-hybridized carbons (Fsp3) is 0.636. The predicted octanol–water partition coefficient (Wildman–Crippen LogP) is 4.76. The zero-order valence-electron chi connectivity index (χ0n) is 20.1. The van der Waals surface area contributed by atoms with Gasteiger partial charge in [-0.1, -0.05) is 6.42 Å². The van der Waals surface area contributed by atoms with E-state index in [0.29, 0.717) is 30.6 Å². The first-order valence-corrected chi connectivity index (χ1v) is 12.6. The van der Waals surface area contributed by atoms with Gasteiger partial charge in [0.2, 0.25) is 5.91 Å². The molecule has 2 amide bonds. The summed E-state index contributed by atoms with van der Waals surface area (Å²) < 4.78 is 33.3. The summed E-state index contributed by atoms with van der Waals surface area (Å²) in [7, 11) is -3.80. The van der Waals surface area contributed by atoms with E-state index in [1.807, 2.05) is 0 Å². The summed E-state index contributed by atoms with van der Waals surface area (Å²) >= 11 is 0. The molecule has 1 rings (SSSR count). The number of phosphoric ester groups is 1. The Hall–Kier alpha value is -2.13. The van der Waals surface area contributed by atoms with Crippen LogP contribution in [0.2, 0.25) is 0 Å². The largest absolute Gasteiger partial charge is 0.530 e. The third-order valence-corrected chi connectivity index (χ3v) is 5.62. The lowest BCUT2D eigenvalue weighted by molar-refractivity contribution is -0.116. The van der Waals surface area contributed by atoms with Gasteiger partial charge in [0.15, 0.2) is 0 Å². The normalized spacial score (nSPS) is 11.7. The number of hydrogen-bond donors (Lipinski definition) is 3. The van der Waals surface area contributed by atoms with Crippen molar-refractivity contribution >= 4 is 25.5 Å². The van der Waals surface area contributed by atoms with Crippen LogP contribution in [-0.4, -0.2) is 42.5 Å². The van der Waals surface area contributed by atoms with Gasteiger partial charge in [0.05, 0.1) is 19.8 Å². The third-order valence-electron chi connectivity index (χ3n) is 4.05. The zero-order chi connectivity index (χ0) is 24.9. The molecule has 0 spiro atoms. The van der Waals surface area contributed by atoms with Gasteiger partial charge in [-0.25, -0.2) is 9.36 Å². The predicted molar refractivity (Wildman–Crippen MR) is 125 cm³/mol. The highest BCUT2D eigenvalue weighted by Gasteiger charge is 2.28. The Bertz CT molecular complexity index is 800. The Balaban J connectivity index is 2.48. The van der Waals surface area contributed by atoms with Crippen LogP contribution in [0, 0.1) is 0 Å². The van der Waals surface area contributed by atoms with E-state index < -0.39 is 19.5 Å². The Morgan fingerprint density at radius 3 is 2.30 bits per heavy atom. The van der Waals surface area contributed by atoms with E-state index in [2.05, 4.69) is 10.6 Å². The van der Waals surface area contributed by atoms with Crippen LogP contribution >= 0.6 is 7.82 Å². The summed E-state index contributed by atoms with van der Waals surface area (Å²) in [5.41, 5.74) is 0.278. The van der Waals surface area contributed by atoms with Crippen molar-refractivity contribution < 1.29 is 37.6 Å². The lowest BCUT2D eigenvalue weighted by atomic mass is 10.1. The van der Waals surface area contributed by atoms with Crippen LogP contribution in [0.1, 0.15) is 65.9 Å². The Labute approximate surface area is 195 Å². The fourth-order valence-corrected chi connectivity index (χ4v) is 3.94. The van der Waals surface area contributed by atoms with Crippen molar-refractivity contribution in [3.8, 4) is 5.75 Å². The average molecular weight is 489 g/mol. The summed E-state index contributed by atoms with van der Waals surface area (Å²) in [6.45, 7) is 9.09. The highest BCUT2D eigenvalue weighted by Crippen LogP contribution is 2.50. The van der Waals surface area contributed by atoms with Crippen LogP contribution in [0.4, 0.5) is 10.5 Å². The number of amides is 2. The van der Waals surface area contributed by atoms with E-state index in [1.54, 1.807) is 46.8 Å². The molecular weight excluding hydrogens is 451 g/mol. The third kappa shape index (κ3) is 12.1. The molecule has 0 aliphatic carbocycles. The number of carbonyl (C=O) groups excluding carboxylic acids is 2. The molecule has 0 fully saturated rings. The summed E-state index contributed by atoms with van der Waals surface area (Å²) in [5.74, 6) is -0.0276. The van der Waals surface area contributed by atoms with Crippen LogP contribution in [-0.2, 0) is 29.8 Å². The van der Waals surface area contributed by atoms with E-state index >= 15 is 0 Å². The van der Waals surface area contributed by atoms with Crippen LogP contribution in [0.5, 0.6) is 5.75 Å². The number of unbranched alkanes of at least 4 members (excludes halogenated alkanes) is 2. The molecule has 0 saturated heterocycles. The molecule has 0 atom stereocenters. The molecule has 1 aromatic rings. The van der Waals surface area contributed by atoms with Crippen molar-refractivity contribution in [1.29, 1.82) is 0 Å². The van der Waals surface area contributed by atoms with Gasteiger partial charge in [0.25, 0.3) is 0 Å². The number of nitrogens with one attached hydrogen (secondary N) is 2. The molecule has 33 heavy (non-hydrogen) atoms. The molecule has 11 heteroatoms. The second-order valence-electron chi connectivity index (χ2n) is 8.14. The molecule has 188 valence electrons. The first-order valence-electron chi connectivity index (χ1n) is 11.1. The molecule has 1 aromatic carbocycles. The molecule has 0 bridgehead atoms. The van der Waals surface area contributed by atoms with E-state index in [1.165, 1.54) is 6.07 Å². The molecule has 10 nitrogen and oxygen atoms in total. The smallest absolute Gasteiger partial charge is 0.444 e. The molecule has 0 aliphatic rings. The number of aliphatic hydroxyl groups is 1. The number of phosphoric acid groups is 1. The molecule has 0 saturated carbocycles. The van der Waals surface area contributed by atoms with Crippen LogP contribution < -0.4 is 15.2 Å². The minimum atomic E-state index is -3.80. The Kier molecular flexibility index (Phi) is 12.4. The number of rotatable bonds is 14. The molecule has 0 aromatic heterocycles. The van der Waals surface area contributed by atoms with Gasteiger partial charge in [-0.15, -0.1) is 0 Å². The lowest BCUT2D eigenvalue weighted by Gasteiger charge is -2.19. The van der Waals surface area contributed by atoms with Crippen molar-refractivity contribution in [3.63, 3.8) is 0 Å². The Morgan fingerprint density at radius 2 is 1.73 bits per heavy atom. The first kappa shape index (κ1) is 28.9. The first-order chi connectivity index (χ1) is 15.5. The van der Waals surface area contributed by atoms with Crippen molar-refractivity contribution in [3.05, 3.63) is 23.8 Å². The standard InChI is InChI=1S/C22H37N2O8P/c1-6-29-33(28,30-7-2)32-19-13-12-18(15-17(19)16-25)24-20(26)11-9-8-10-14-23-21(27)31-22(3,4)5/h12-13,15,25H,6-11,14,16H2,1-5H3,(H,23,27)(H,24,26). The summed E-state index contributed by atoms with van der Waals surface area (Å²) in [6.07, 6.45) is 2.01. The fourth-order valence-electron chi connectivity index (χ4n) is 2.71. The van der Waals surface area contributed by atoms with Crippen LogP contribution in [0.3, 0.4) is 0 Å². The van der Waals surface area contributed by atoms with Gasteiger partial charge in [0.1, 0.15) is 11.4 Å². The maximum atomic E-state index is 12.6. The van der Waals surface area contributed by atoms with Crippen molar-refractivity contribution in [2.75, 3.05) is 25.1 Å². The van der Waals surface area contributed by atoms with E-state index in [0.717, 1.165) is 12.8 Å². The molecule has 0 radical (unpaired) electrons. The second kappa shape index (κ2) is 14.2. The molecule has 0 unspecified atom stereocenters. The SMILES string of the molecule is CCOP(=O)(OCC)Oc1ccc(NC(=O)CCCCCNC(=O)OC(C)(C)C)cc1CO. The maximum absolute atomic E-state index is 12.6. The highest BCUT2D eigenvalue weighted by atomic mass is 31.2. The van der Waals surface area contributed by atoms with Gasteiger partial charge < -0.3 is 25.0 Å². The number of ether oxygens (including phenoxy) is 1. The lowest BCUT2D eigenvalue weighted by Crippen LogP contribution is -2.33. The molecular formula is C22H37N2O8P. The van der Waals surface area contributed by atoms with Crippen LogP contribution in [0.15, 0.2) is 18.2 Å². The van der Waals surface area contributed by atoms with E-state index in [4.69, 9.17) is 18.3 Å². The molecule has 0 aliphatic heterocycles. The topological polar surface area (TPSA) is 132 Å². The van der Waals surface area contributed by atoms with Gasteiger partial charge in [-0.3, -0.25) is 13.8 Å². The number of benzene rings is 1. The number of anilines is 1. The minimum absolute atomic E-state index is 0.136. The summed E-state index contributed by atoms with van der Waals surface area (Å²) in [6, 6.07) is 4.62. The number of hydrogen-bond acceptors (Lipinski definition) is 8. The van der Waals surface area contributed by atoms with Gasteiger partial charge >= 0.3 is 13.9 Å². The molecule has 3 N–H and O–H groups in total. The summed E-state index contributed by atoms with van der Waals surface area (Å²) in [4.78, 5) is 23.8. The molecule has 0 heterocycles. The number of aliphatic hydroxyl groups excluding tert-OH is 1. The second-order valence-corrected chi connectivity index (χ2v) is 9.74. The van der Waals surface area contributed by atoms with Crippen molar-refractivity contribution in [2.24, 2.45) is 0 Å². The van der Waals surface area contributed by atoms with Gasteiger partial charge in [-0.2, -0.15) is 0 Å². The highest BCUT2D eigenvalue weighted by molar-refractivity contribution is 7.48. The van der Waals surface area contributed by atoms with Gasteiger partial charge in [0, 0.05) is 24.2 Å². The van der Waals surface area contributed by atoms with Crippen LogP contribution in [0.25, 0.3) is 0 Å². The quantitative estimate of drug-likeness (QED) is 0.252. The average Bonchev–Trinajstić information content (AvgIpc) is 2.70. The van der Waals surface area contributed by atoms with Crippen molar-refractivity contribution in [1.82, 2.24) is 5.32 Å². The monoisotopic (exact) mass is 488 g/mol. The minimum Gasteiger partial charge on any atom is -0.444 e. The van der Waals surface area contributed by atoms with Gasteiger partial charge in [-0.05, 0) is 65.7 Å². The summed E-state index contributed by atoms with van der Waals surface area (Å²) in [5, 5.41) is 15.1. The van der Waals surface area contributed by atoms with E-state index in [9.17, 15) is 19.3 Å². The Morgan fingerprint density at radius 1 is 1.06 bits per heavy atom. The van der Waals surface area contributed by atoms with E-state index in [-0.39, 0.29) is 31.5 Å².